The molecule has 1 unspecified atom stereocenters. The normalized spacial score (nSPS) is 15.2. The Morgan fingerprint density at radius 3 is 2.10 bits per heavy atom. The largest absolute Gasteiger partial charge is 0.345 e. The third-order valence-electron chi connectivity index (χ3n) is 5.68. The highest BCUT2D eigenvalue weighted by atomic mass is 16.2. The SMILES string of the molecule is CC(C)c1ccc(C(NC(=O)c2ccc(CN3CCCC3=O)cc2)C(C)C)cc1. The molecule has 1 aliphatic rings. The lowest BCUT2D eigenvalue weighted by atomic mass is 9.93. The second-order valence-corrected chi connectivity index (χ2v) is 8.63. The smallest absolute Gasteiger partial charge is 0.251 e. The molecule has 154 valence electrons. The van der Waals surface area contributed by atoms with E-state index in [-0.39, 0.29) is 23.8 Å². The van der Waals surface area contributed by atoms with Crippen LogP contribution in [0.1, 0.15) is 79.5 Å². The molecule has 1 heterocycles. The van der Waals surface area contributed by atoms with Crippen molar-refractivity contribution < 1.29 is 9.59 Å². The molecule has 2 aromatic rings. The van der Waals surface area contributed by atoms with Crippen LogP contribution in [0.15, 0.2) is 48.5 Å². The summed E-state index contributed by atoms with van der Waals surface area (Å²) in [5, 5.41) is 3.19. The fourth-order valence-corrected chi connectivity index (χ4v) is 3.80. The lowest BCUT2D eigenvalue weighted by Gasteiger charge is -2.23. The van der Waals surface area contributed by atoms with Crippen molar-refractivity contribution in [2.24, 2.45) is 5.92 Å². The van der Waals surface area contributed by atoms with Crippen LogP contribution in [0.25, 0.3) is 0 Å². The molecule has 0 bridgehead atoms. The van der Waals surface area contributed by atoms with Crippen LogP contribution in [0, 0.1) is 5.92 Å². The predicted molar refractivity (Wildman–Crippen MR) is 117 cm³/mol. The molecule has 0 radical (unpaired) electrons. The summed E-state index contributed by atoms with van der Waals surface area (Å²) >= 11 is 0. The quantitative estimate of drug-likeness (QED) is 0.716. The standard InChI is InChI=1S/C25H32N2O2/c1-17(2)20-11-13-21(14-12-20)24(18(3)4)26-25(29)22-9-7-19(8-10-22)16-27-15-5-6-23(27)28/h7-14,17-18,24H,5-6,15-16H2,1-4H3,(H,26,29). The number of carbonyl (C=O) groups excluding carboxylic acids is 2. The summed E-state index contributed by atoms with van der Waals surface area (Å²) in [6.45, 7) is 10.1. The highest BCUT2D eigenvalue weighted by Gasteiger charge is 2.21. The van der Waals surface area contributed by atoms with Crippen LogP contribution >= 0.6 is 0 Å². The molecule has 1 atom stereocenters. The minimum atomic E-state index is -0.0690. The number of likely N-dealkylation sites (tertiary alicyclic amines) is 1. The maximum atomic E-state index is 12.8. The topological polar surface area (TPSA) is 49.4 Å². The van der Waals surface area contributed by atoms with Gasteiger partial charge in [0.25, 0.3) is 5.91 Å². The third kappa shape index (κ3) is 5.26. The van der Waals surface area contributed by atoms with Gasteiger partial charge >= 0.3 is 0 Å². The van der Waals surface area contributed by atoms with E-state index in [9.17, 15) is 9.59 Å². The zero-order valence-electron chi connectivity index (χ0n) is 17.9. The summed E-state index contributed by atoms with van der Waals surface area (Å²) in [6, 6.07) is 16.1. The van der Waals surface area contributed by atoms with Gasteiger partial charge in [0, 0.05) is 25.1 Å². The van der Waals surface area contributed by atoms with Crippen molar-refractivity contribution in [2.75, 3.05) is 6.54 Å². The van der Waals surface area contributed by atoms with Crippen LogP contribution in [0.5, 0.6) is 0 Å². The maximum absolute atomic E-state index is 12.8. The summed E-state index contributed by atoms with van der Waals surface area (Å²) in [5.41, 5.74) is 4.13. The molecule has 1 aliphatic heterocycles. The summed E-state index contributed by atoms with van der Waals surface area (Å²) in [5.74, 6) is 0.922. The number of nitrogens with zero attached hydrogens (tertiary/aromatic N) is 1. The first-order chi connectivity index (χ1) is 13.8. The van der Waals surface area contributed by atoms with Gasteiger partial charge in [-0.15, -0.1) is 0 Å². The van der Waals surface area contributed by atoms with Crippen molar-refractivity contribution in [2.45, 2.75) is 59.0 Å². The number of carbonyl (C=O) groups is 2. The van der Waals surface area contributed by atoms with Gasteiger partial charge in [-0.25, -0.2) is 0 Å². The minimum Gasteiger partial charge on any atom is -0.345 e. The van der Waals surface area contributed by atoms with Crippen molar-refractivity contribution in [3.05, 3.63) is 70.8 Å². The Morgan fingerprint density at radius 1 is 0.966 bits per heavy atom. The molecule has 0 aromatic heterocycles. The Morgan fingerprint density at radius 2 is 1.59 bits per heavy atom. The molecule has 1 saturated heterocycles. The van der Waals surface area contributed by atoms with E-state index in [2.05, 4.69) is 57.3 Å². The van der Waals surface area contributed by atoms with Gasteiger partial charge in [0.15, 0.2) is 0 Å². The van der Waals surface area contributed by atoms with E-state index in [1.807, 2.05) is 29.2 Å². The average molecular weight is 393 g/mol. The Kier molecular flexibility index (Phi) is 6.73. The molecule has 4 nitrogen and oxygen atoms in total. The Balaban J connectivity index is 1.67. The highest BCUT2D eigenvalue weighted by Crippen LogP contribution is 2.25. The van der Waals surface area contributed by atoms with Gasteiger partial charge in [-0.1, -0.05) is 64.1 Å². The van der Waals surface area contributed by atoms with Gasteiger partial charge in [-0.05, 0) is 47.1 Å². The van der Waals surface area contributed by atoms with E-state index in [0.29, 0.717) is 24.4 Å². The maximum Gasteiger partial charge on any atom is 0.251 e. The van der Waals surface area contributed by atoms with E-state index in [1.165, 1.54) is 5.56 Å². The molecular formula is C25H32N2O2. The molecule has 2 amide bonds. The Labute approximate surface area is 174 Å². The monoisotopic (exact) mass is 392 g/mol. The molecule has 3 rings (SSSR count). The summed E-state index contributed by atoms with van der Waals surface area (Å²) < 4.78 is 0. The zero-order chi connectivity index (χ0) is 21.0. The van der Waals surface area contributed by atoms with Gasteiger partial charge in [-0.2, -0.15) is 0 Å². The molecule has 0 saturated carbocycles. The van der Waals surface area contributed by atoms with Crippen molar-refractivity contribution in [3.8, 4) is 0 Å². The van der Waals surface area contributed by atoms with Crippen molar-refractivity contribution in [1.82, 2.24) is 10.2 Å². The molecule has 0 spiro atoms. The van der Waals surface area contributed by atoms with E-state index in [1.54, 1.807) is 0 Å². The van der Waals surface area contributed by atoms with Crippen LogP contribution in [0.2, 0.25) is 0 Å². The molecule has 1 N–H and O–H groups in total. The number of amides is 2. The van der Waals surface area contributed by atoms with Crippen molar-refractivity contribution in [1.29, 1.82) is 0 Å². The molecule has 2 aromatic carbocycles. The molecular weight excluding hydrogens is 360 g/mol. The number of nitrogens with one attached hydrogen (secondary N) is 1. The average Bonchev–Trinajstić information content (AvgIpc) is 3.11. The van der Waals surface area contributed by atoms with Gasteiger partial charge in [0.2, 0.25) is 5.91 Å². The molecule has 0 aliphatic carbocycles. The second-order valence-electron chi connectivity index (χ2n) is 8.63. The fraction of sp³-hybridized carbons (Fsp3) is 0.440. The third-order valence-corrected chi connectivity index (χ3v) is 5.68. The van der Waals surface area contributed by atoms with Crippen LogP contribution < -0.4 is 5.32 Å². The molecule has 4 heteroatoms. The van der Waals surface area contributed by atoms with Crippen LogP contribution in [0.4, 0.5) is 0 Å². The Hall–Kier alpha value is -2.62. The first-order valence-electron chi connectivity index (χ1n) is 10.6. The number of hydrogen-bond acceptors (Lipinski definition) is 2. The van der Waals surface area contributed by atoms with E-state index >= 15 is 0 Å². The van der Waals surface area contributed by atoms with Gasteiger partial charge in [-0.3, -0.25) is 9.59 Å². The van der Waals surface area contributed by atoms with E-state index in [0.717, 1.165) is 24.1 Å². The number of hydrogen-bond donors (Lipinski definition) is 1. The van der Waals surface area contributed by atoms with Crippen molar-refractivity contribution >= 4 is 11.8 Å². The summed E-state index contributed by atoms with van der Waals surface area (Å²) in [6.07, 6.45) is 1.59. The van der Waals surface area contributed by atoms with Gasteiger partial charge in [0.1, 0.15) is 0 Å². The number of rotatable bonds is 7. The van der Waals surface area contributed by atoms with Gasteiger partial charge in [0.05, 0.1) is 6.04 Å². The second kappa shape index (κ2) is 9.25. The molecule has 29 heavy (non-hydrogen) atoms. The Bertz CT molecular complexity index is 838. The van der Waals surface area contributed by atoms with Crippen LogP contribution in [-0.2, 0) is 11.3 Å². The fourth-order valence-electron chi connectivity index (χ4n) is 3.80. The first kappa shape index (κ1) is 21.1. The van der Waals surface area contributed by atoms with Crippen molar-refractivity contribution in [3.63, 3.8) is 0 Å². The minimum absolute atomic E-state index is 0.0365. The van der Waals surface area contributed by atoms with Crippen LogP contribution in [-0.4, -0.2) is 23.3 Å². The number of benzene rings is 2. The van der Waals surface area contributed by atoms with E-state index < -0.39 is 0 Å². The highest BCUT2D eigenvalue weighted by molar-refractivity contribution is 5.94. The van der Waals surface area contributed by atoms with E-state index in [4.69, 9.17) is 0 Å². The zero-order valence-corrected chi connectivity index (χ0v) is 17.9. The lowest BCUT2D eigenvalue weighted by molar-refractivity contribution is -0.128. The van der Waals surface area contributed by atoms with Crippen LogP contribution in [0.3, 0.4) is 0 Å². The predicted octanol–water partition coefficient (Wildman–Crippen LogP) is 5.06. The lowest BCUT2D eigenvalue weighted by Crippen LogP contribution is -2.31. The van der Waals surface area contributed by atoms with Gasteiger partial charge < -0.3 is 10.2 Å². The molecule has 1 fully saturated rings. The summed E-state index contributed by atoms with van der Waals surface area (Å²) in [4.78, 5) is 26.5. The summed E-state index contributed by atoms with van der Waals surface area (Å²) in [7, 11) is 0. The first-order valence-corrected chi connectivity index (χ1v) is 10.6.